The predicted molar refractivity (Wildman–Crippen MR) is 75.0 cm³/mol. The number of ether oxygens (including phenoxy) is 1. The summed E-state index contributed by atoms with van der Waals surface area (Å²) in [5.41, 5.74) is 3.50. The van der Waals surface area contributed by atoms with Gasteiger partial charge in [0.15, 0.2) is 0 Å². The lowest BCUT2D eigenvalue weighted by Crippen LogP contribution is -2.23. The van der Waals surface area contributed by atoms with Gasteiger partial charge in [0.25, 0.3) is 0 Å². The molecular weight excluding hydrogens is 226 g/mol. The first kappa shape index (κ1) is 15.0. The van der Waals surface area contributed by atoms with E-state index in [9.17, 15) is 5.11 Å². The summed E-state index contributed by atoms with van der Waals surface area (Å²) < 4.78 is 5.75. The molecule has 3 heteroatoms. The SMILES string of the molecule is CNCc1cc(C)c(OCC(O)C(C)C)c(C)c1. The van der Waals surface area contributed by atoms with Gasteiger partial charge in [0.2, 0.25) is 0 Å². The Morgan fingerprint density at radius 1 is 1.22 bits per heavy atom. The Labute approximate surface area is 110 Å². The van der Waals surface area contributed by atoms with E-state index in [2.05, 4.69) is 17.4 Å². The van der Waals surface area contributed by atoms with E-state index in [4.69, 9.17) is 4.74 Å². The van der Waals surface area contributed by atoms with Gasteiger partial charge in [-0.3, -0.25) is 0 Å². The molecular formula is C15H25NO2. The normalized spacial score (nSPS) is 12.8. The smallest absolute Gasteiger partial charge is 0.125 e. The highest BCUT2D eigenvalue weighted by Crippen LogP contribution is 2.25. The van der Waals surface area contributed by atoms with Crippen LogP contribution < -0.4 is 10.1 Å². The Morgan fingerprint density at radius 2 is 1.78 bits per heavy atom. The first-order chi connectivity index (χ1) is 8.45. The van der Waals surface area contributed by atoms with E-state index in [-0.39, 0.29) is 5.92 Å². The molecule has 1 rings (SSSR count). The lowest BCUT2D eigenvalue weighted by atomic mass is 10.1. The van der Waals surface area contributed by atoms with Crippen molar-refractivity contribution in [2.45, 2.75) is 40.3 Å². The maximum Gasteiger partial charge on any atom is 0.125 e. The monoisotopic (exact) mass is 251 g/mol. The molecule has 0 aromatic heterocycles. The summed E-state index contributed by atoms with van der Waals surface area (Å²) in [6, 6.07) is 4.25. The van der Waals surface area contributed by atoms with Crippen molar-refractivity contribution < 1.29 is 9.84 Å². The highest BCUT2D eigenvalue weighted by molar-refractivity contribution is 5.43. The number of rotatable bonds is 6. The van der Waals surface area contributed by atoms with E-state index < -0.39 is 6.10 Å². The zero-order chi connectivity index (χ0) is 13.7. The average molecular weight is 251 g/mol. The number of aryl methyl sites for hydroxylation is 2. The van der Waals surface area contributed by atoms with Crippen LogP contribution in [-0.2, 0) is 6.54 Å². The molecule has 0 heterocycles. The first-order valence-electron chi connectivity index (χ1n) is 6.51. The van der Waals surface area contributed by atoms with E-state index in [0.717, 1.165) is 23.4 Å². The maximum atomic E-state index is 9.77. The predicted octanol–water partition coefficient (Wildman–Crippen LogP) is 2.42. The molecule has 0 aliphatic heterocycles. The fourth-order valence-electron chi connectivity index (χ4n) is 1.93. The van der Waals surface area contributed by atoms with Crippen LogP contribution in [0.3, 0.4) is 0 Å². The van der Waals surface area contributed by atoms with Crippen molar-refractivity contribution in [1.82, 2.24) is 5.32 Å². The lowest BCUT2D eigenvalue weighted by molar-refractivity contribution is 0.0696. The molecule has 0 aliphatic carbocycles. The summed E-state index contributed by atoms with van der Waals surface area (Å²) in [6.45, 7) is 9.28. The van der Waals surface area contributed by atoms with E-state index in [1.807, 2.05) is 34.7 Å². The highest BCUT2D eigenvalue weighted by atomic mass is 16.5. The van der Waals surface area contributed by atoms with E-state index in [0.29, 0.717) is 6.61 Å². The third kappa shape index (κ3) is 4.00. The van der Waals surface area contributed by atoms with Crippen molar-refractivity contribution in [3.8, 4) is 5.75 Å². The fraction of sp³-hybridized carbons (Fsp3) is 0.600. The van der Waals surface area contributed by atoms with Gasteiger partial charge >= 0.3 is 0 Å². The molecule has 102 valence electrons. The topological polar surface area (TPSA) is 41.5 Å². The van der Waals surface area contributed by atoms with Gasteiger partial charge in [-0.25, -0.2) is 0 Å². The van der Waals surface area contributed by atoms with Gasteiger partial charge in [-0.05, 0) is 43.5 Å². The number of aliphatic hydroxyl groups is 1. The van der Waals surface area contributed by atoms with Gasteiger partial charge in [-0.1, -0.05) is 26.0 Å². The van der Waals surface area contributed by atoms with Crippen LogP contribution in [0.15, 0.2) is 12.1 Å². The molecule has 0 fully saturated rings. The summed E-state index contributed by atoms with van der Waals surface area (Å²) in [7, 11) is 1.94. The summed E-state index contributed by atoms with van der Waals surface area (Å²) in [5, 5.41) is 12.9. The number of hydrogen-bond acceptors (Lipinski definition) is 3. The van der Waals surface area contributed by atoms with E-state index in [1.54, 1.807) is 0 Å². The van der Waals surface area contributed by atoms with Gasteiger partial charge in [0.05, 0.1) is 6.10 Å². The standard InChI is InChI=1S/C15H25NO2/c1-10(2)14(17)9-18-15-11(3)6-13(8-16-5)7-12(15)4/h6-7,10,14,16-17H,8-9H2,1-5H3. The Hall–Kier alpha value is -1.06. The molecule has 0 bridgehead atoms. The van der Waals surface area contributed by atoms with Gasteiger partial charge < -0.3 is 15.2 Å². The second-order valence-electron chi connectivity index (χ2n) is 5.21. The van der Waals surface area contributed by atoms with Crippen LogP contribution in [0.25, 0.3) is 0 Å². The summed E-state index contributed by atoms with van der Waals surface area (Å²) >= 11 is 0. The highest BCUT2D eigenvalue weighted by Gasteiger charge is 2.12. The molecule has 18 heavy (non-hydrogen) atoms. The quantitative estimate of drug-likeness (QED) is 0.816. The summed E-state index contributed by atoms with van der Waals surface area (Å²) in [5.74, 6) is 1.11. The Balaban J connectivity index is 2.77. The van der Waals surface area contributed by atoms with Gasteiger partial charge in [0, 0.05) is 6.54 Å². The number of benzene rings is 1. The summed E-state index contributed by atoms with van der Waals surface area (Å²) in [6.07, 6.45) is -0.416. The minimum absolute atomic E-state index is 0.217. The Bertz CT molecular complexity index is 365. The molecule has 2 N–H and O–H groups in total. The molecule has 0 saturated carbocycles. The molecule has 0 amide bonds. The lowest BCUT2D eigenvalue weighted by Gasteiger charge is -2.18. The second kappa shape index (κ2) is 6.76. The van der Waals surface area contributed by atoms with Crippen molar-refractivity contribution in [3.05, 3.63) is 28.8 Å². The molecule has 0 aliphatic rings. The van der Waals surface area contributed by atoms with Crippen LogP contribution in [0, 0.1) is 19.8 Å². The van der Waals surface area contributed by atoms with Crippen LogP contribution in [0.4, 0.5) is 0 Å². The van der Waals surface area contributed by atoms with Crippen molar-refractivity contribution in [1.29, 1.82) is 0 Å². The van der Waals surface area contributed by atoms with Crippen LogP contribution in [-0.4, -0.2) is 24.9 Å². The van der Waals surface area contributed by atoms with Crippen molar-refractivity contribution in [2.75, 3.05) is 13.7 Å². The first-order valence-corrected chi connectivity index (χ1v) is 6.51. The van der Waals surface area contributed by atoms with Crippen molar-refractivity contribution >= 4 is 0 Å². The number of hydrogen-bond donors (Lipinski definition) is 2. The van der Waals surface area contributed by atoms with Crippen molar-refractivity contribution in [3.63, 3.8) is 0 Å². The molecule has 1 atom stereocenters. The molecule has 0 spiro atoms. The van der Waals surface area contributed by atoms with Crippen molar-refractivity contribution in [2.24, 2.45) is 5.92 Å². The van der Waals surface area contributed by atoms with Gasteiger partial charge in [0.1, 0.15) is 12.4 Å². The van der Waals surface area contributed by atoms with E-state index >= 15 is 0 Å². The van der Waals surface area contributed by atoms with Crippen LogP contribution >= 0.6 is 0 Å². The molecule has 3 nitrogen and oxygen atoms in total. The van der Waals surface area contributed by atoms with Gasteiger partial charge in [-0.15, -0.1) is 0 Å². The third-order valence-electron chi connectivity index (χ3n) is 3.07. The summed E-state index contributed by atoms with van der Waals surface area (Å²) in [4.78, 5) is 0. The third-order valence-corrected chi connectivity index (χ3v) is 3.07. The minimum Gasteiger partial charge on any atom is -0.490 e. The number of aliphatic hydroxyl groups excluding tert-OH is 1. The van der Waals surface area contributed by atoms with Crippen LogP contribution in [0.2, 0.25) is 0 Å². The molecule has 1 unspecified atom stereocenters. The fourth-order valence-corrected chi connectivity index (χ4v) is 1.93. The average Bonchev–Trinajstić information content (AvgIpc) is 2.27. The Morgan fingerprint density at radius 3 is 2.22 bits per heavy atom. The van der Waals surface area contributed by atoms with Crippen LogP contribution in [0.5, 0.6) is 5.75 Å². The number of nitrogens with one attached hydrogen (secondary N) is 1. The zero-order valence-electron chi connectivity index (χ0n) is 12.1. The van der Waals surface area contributed by atoms with E-state index in [1.165, 1.54) is 5.56 Å². The molecule has 0 radical (unpaired) electrons. The Kier molecular flexibility index (Phi) is 5.63. The molecule has 1 aromatic carbocycles. The van der Waals surface area contributed by atoms with Crippen LogP contribution in [0.1, 0.15) is 30.5 Å². The second-order valence-corrected chi connectivity index (χ2v) is 5.21. The maximum absolute atomic E-state index is 9.77. The largest absolute Gasteiger partial charge is 0.490 e. The molecule has 1 aromatic rings. The molecule has 0 saturated heterocycles. The minimum atomic E-state index is -0.416. The van der Waals surface area contributed by atoms with Gasteiger partial charge in [-0.2, -0.15) is 0 Å². The zero-order valence-corrected chi connectivity index (χ0v) is 12.1.